The summed E-state index contributed by atoms with van der Waals surface area (Å²) in [4.78, 5) is 23.7. The van der Waals surface area contributed by atoms with Gasteiger partial charge in [-0.15, -0.1) is 0 Å². The third kappa shape index (κ3) is 4.74. The van der Waals surface area contributed by atoms with Gasteiger partial charge in [-0.05, 0) is 13.0 Å². The molecule has 0 aromatic heterocycles. The molecule has 1 rings (SSSR count). The maximum atomic E-state index is 14.0. The lowest BCUT2D eigenvalue weighted by molar-refractivity contribution is -0.235. The zero-order chi connectivity index (χ0) is 18.7. The molecule has 1 aromatic rings. The molecule has 1 aromatic carbocycles. The Labute approximate surface area is 139 Å². The van der Waals surface area contributed by atoms with Gasteiger partial charge in [0.15, 0.2) is 5.60 Å². The summed E-state index contributed by atoms with van der Waals surface area (Å²) in [5, 5.41) is 10.7. The molecule has 0 saturated carbocycles. The average molecular weight is 344 g/mol. The number of rotatable bonds is 6. The number of hydrogen-bond acceptors (Lipinski definition) is 5. The molecular weight excluding hydrogens is 322 g/mol. The number of carbonyl (C=O) groups is 2. The van der Waals surface area contributed by atoms with Crippen LogP contribution in [0.15, 0.2) is 18.2 Å². The predicted octanol–water partition coefficient (Wildman–Crippen LogP) is 2.90. The molecular formula is C17H22F2O5. The summed E-state index contributed by atoms with van der Waals surface area (Å²) >= 11 is 0. The van der Waals surface area contributed by atoms with Crippen LogP contribution in [-0.2, 0) is 24.7 Å². The van der Waals surface area contributed by atoms with Gasteiger partial charge in [-0.2, -0.15) is 0 Å². The lowest BCUT2D eigenvalue weighted by Gasteiger charge is -2.33. The van der Waals surface area contributed by atoms with Crippen LogP contribution in [-0.4, -0.2) is 23.3 Å². The zero-order valence-corrected chi connectivity index (χ0v) is 14.3. The van der Waals surface area contributed by atoms with Gasteiger partial charge in [-0.1, -0.05) is 33.8 Å². The zero-order valence-electron chi connectivity index (χ0n) is 14.3. The maximum absolute atomic E-state index is 14.0. The number of hydrogen-bond donors (Lipinski definition) is 1. The SMILES string of the molecule is CC(C)C(=O)OC(OC(=O)C(C)C)C(C)(O)c1ccc(F)cc1F. The first-order valence-corrected chi connectivity index (χ1v) is 7.55. The highest BCUT2D eigenvalue weighted by Crippen LogP contribution is 2.31. The fraction of sp³-hybridized carbons (Fsp3) is 0.529. The molecule has 0 amide bonds. The minimum Gasteiger partial charge on any atom is -0.421 e. The Morgan fingerprint density at radius 2 is 1.50 bits per heavy atom. The van der Waals surface area contributed by atoms with Crippen LogP contribution in [0.3, 0.4) is 0 Å². The van der Waals surface area contributed by atoms with Gasteiger partial charge in [0.25, 0.3) is 6.29 Å². The van der Waals surface area contributed by atoms with Crippen molar-refractivity contribution in [1.29, 1.82) is 0 Å². The van der Waals surface area contributed by atoms with E-state index in [-0.39, 0.29) is 5.56 Å². The smallest absolute Gasteiger partial charge is 0.311 e. The Balaban J connectivity index is 3.23. The summed E-state index contributed by atoms with van der Waals surface area (Å²) in [5.41, 5.74) is -2.56. The first kappa shape index (κ1) is 20.0. The highest BCUT2D eigenvalue weighted by molar-refractivity contribution is 5.73. The number of carbonyl (C=O) groups excluding carboxylic acids is 2. The van der Waals surface area contributed by atoms with E-state index in [0.29, 0.717) is 6.07 Å². The van der Waals surface area contributed by atoms with Crippen molar-refractivity contribution in [3.8, 4) is 0 Å². The Hall–Kier alpha value is -2.02. The molecule has 0 aliphatic heterocycles. The van der Waals surface area contributed by atoms with Crippen LogP contribution < -0.4 is 0 Å². The fourth-order valence-corrected chi connectivity index (χ4v) is 1.76. The second kappa shape index (κ2) is 7.70. The van der Waals surface area contributed by atoms with Gasteiger partial charge >= 0.3 is 11.9 Å². The summed E-state index contributed by atoms with van der Waals surface area (Å²) in [6.07, 6.45) is -1.78. The monoisotopic (exact) mass is 344 g/mol. The van der Waals surface area contributed by atoms with Crippen molar-refractivity contribution in [2.24, 2.45) is 11.8 Å². The highest BCUT2D eigenvalue weighted by Gasteiger charge is 2.42. The molecule has 24 heavy (non-hydrogen) atoms. The molecule has 0 radical (unpaired) electrons. The highest BCUT2D eigenvalue weighted by atomic mass is 19.1. The van der Waals surface area contributed by atoms with E-state index in [9.17, 15) is 23.5 Å². The summed E-state index contributed by atoms with van der Waals surface area (Å²) in [6, 6.07) is 2.53. The van der Waals surface area contributed by atoms with Gasteiger partial charge in [0.2, 0.25) is 0 Å². The summed E-state index contributed by atoms with van der Waals surface area (Å²) in [7, 11) is 0. The van der Waals surface area contributed by atoms with Gasteiger partial charge in [-0.3, -0.25) is 9.59 Å². The number of esters is 2. The third-order valence-electron chi connectivity index (χ3n) is 3.32. The Morgan fingerprint density at radius 1 is 1.04 bits per heavy atom. The van der Waals surface area contributed by atoms with E-state index in [4.69, 9.17) is 9.47 Å². The van der Waals surface area contributed by atoms with Crippen LogP contribution in [0.5, 0.6) is 0 Å². The van der Waals surface area contributed by atoms with Crippen LogP contribution >= 0.6 is 0 Å². The topological polar surface area (TPSA) is 72.8 Å². The van der Waals surface area contributed by atoms with Crippen LogP contribution in [0.1, 0.15) is 40.2 Å². The van der Waals surface area contributed by atoms with Gasteiger partial charge in [0, 0.05) is 11.6 Å². The molecule has 134 valence electrons. The number of halogens is 2. The molecule has 0 spiro atoms. The van der Waals surface area contributed by atoms with Gasteiger partial charge in [-0.25, -0.2) is 8.78 Å². The van der Waals surface area contributed by atoms with Crippen molar-refractivity contribution in [2.45, 2.75) is 46.5 Å². The van der Waals surface area contributed by atoms with Crippen molar-refractivity contribution >= 4 is 11.9 Å². The van der Waals surface area contributed by atoms with Gasteiger partial charge in [0.05, 0.1) is 11.8 Å². The summed E-state index contributed by atoms with van der Waals surface area (Å²) < 4.78 is 37.2. The van der Waals surface area contributed by atoms with Crippen LogP contribution in [0, 0.1) is 23.5 Å². The quantitative estimate of drug-likeness (QED) is 0.634. The lowest BCUT2D eigenvalue weighted by atomic mass is 9.94. The molecule has 0 aliphatic carbocycles. The molecule has 0 heterocycles. The molecule has 0 aliphatic rings. The molecule has 0 bridgehead atoms. The molecule has 5 nitrogen and oxygen atoms in total. The molecule has 1 unspecified atom stereocenters. The average Bonchev–Trinajstić information content (AvgIpc) is 2.45. The van der Waals surface area contributed by atoms with Crippen LogP contribution in [0.25, 0.3) is 0 Å². The number of benzene rings is 1. The second-order valence-corrected chi connectivity index (χ2v) is 6.29. The Morgan fingerprint density at radius 3 is 1.88 bits per heavy atom. The minimum absolute atomic E-state index is 0.359. The lowest BCUT2D eigenvalue weighted by Crippen LogP contribution is -2.45. The normalized spacial score (nSPS) is 14.0. The molecule has 7 heteroatoms. The van der Waals surface area contributed by atoms with E-state index in [0.717, 1.165) is 19.1 Å². The molecule has 1 N–H and O–H groups in total. The first-order chi connectivity index (χ1) is 11.0. The maximum Gasteiger partial charge on any atom is 0.311 e. The van der Waals surface area contributed by atoms with Crippen molar-refractivity contribution in [3.05, 3.63) is 35.4 Å². The van der Waals surface area contributed by atoms with Crippen molar-refractivity contribution < 1.29 is 33.0 Å². The summed E-state index contributed by atoms with van der Waals surface area (Å²) in [6.45, 7) is 7.33. The van der Waals surface area contributed by atoms with Gasteiger partial charge in [0.1, 0.15) is 11.6 Å². The van der Waals surface area contributed by atoms with E-state index in [1.54, 1.807) is 27.7 Å². The fourth-order valence-electron chi connectivity index (χ4n) is 1.76. The van der Waals surface area contributed by atoms with E-state index in [1.165, 1.54) is 0 Å². The largest absolute Gasteiger partial charge is 0.421 e. The van der Waals surface area contributed by atoms with E-state index in [2.05, 4.69) is 0 Å². The van der Waals surface area contributed by atoms with Crippen LogP contribution in [0.4, 0.5) is 8.78 Å². The Kier molecular flexibility index (Phi) is 6.42. The molecule has 0 saturated heterocycles. The van der Waals surface area contributed by atoms with Crippen molar-refractivity contribution in [1.82, 2.24) is 0 Å². The number of aliphatic hydroxyl groups is 1. The van der Waals surface area contributed by atoms with Crippen LogP contribution in [0.2, 0.25) is 0 Å². The first-order valence-electron chi connectivity index (χ1n) is 7.55. The van der Waals surface area contributed by atoms with E-state index >= 15 is 0 Å². The van der Waals surface area contributed by atoms with E-state index in [1.807, 2.05) is 0 Å². The van der Waals surface area contributed by atoms with Crippen molar-refractivity contribution in [2.75, 3.05) is 0 Å². The Bertz CT molecular complexity index is 589. The predicted molar refractivity (Wildman–Crippen MR) is 81.6 cm³/mol. The minimum atomic E-state index is -2.20. The number of ether oxygens (including phenoxy) is 2. The van der Waals surface area contributed by atoms with Crippen molar-refractivity contribution in [3.63, 3.8) is 0 Å². The van der Waals surface area contributed by atoms with E-state index < -0.39 is 47.3 Å². The third-order valence-corrected chi connectivity index (χ3v) is 3.32. The molecule has 1 atom stereocenters. The van der Waals surface area contributed by atoms with Gasteiger partial charge < -0.3 is 14.6 Å². The molecule has 0 fully saturated rings. The standard InChI is InChI=1S/C17H22F2O5/c1-9(2)14(20)23-16(24-15(21)10(3)4)17(5,22)12-7-6-11(18)8-13(12)19/h6-10,16,22H,1-5H3. The summed E-state index contributed by atoms with van der Waals surface area (Å²) in [5.74, 6) is -4.47. The second-order valence-electron chi connectivity index (χ2n) is 6.29.